The van der Waals surface area contributed by atoms with Crippen LogP contribution in [0.1, 0.15) is 19.4 Å². The third-order valence-electron chi connectivity index (χ3n) is 4.18. The second-order valence-electron chi connectivity index (χ2n) is 6.23. The van der Waals surface area contributed by atoms with Crippen LogP contribution in [0.3, 0.4) is 0 Å². The van der Waals surface area contributed by atoms with Crippen molar-refractivity contribution in [2.24, 2.45) is 0 Å². The molecule has 0 saturated heterocycles. The van der Waals surface area contributed by atoms with E-state index in [2.05, 4.69) is 5.32 Å². The summed E-state index contributed by atoms with van der Waals surface area (Å²) < 4.78 is 50.9. The van der Waals surface area contributed by atoms with Gasteiger partial charge in [-0.3, -0.25) is 4.79 Å². The first-order valence-corrected chi connectivity index (χ1v) is 11.9. The second kappa shape index (κ2) is 8.85. The highest BCUT2D eigenvalue weighted by Crippen LogP contribution is 2.19. The Hall–Kier alpha value is -2.23. The van der Waals surface area contributed by atoms with Crippen molar-refractivity contribution < 1.29 is 21.6 Å². The molecular weight excluding hydrogens is 400 g/mol. The molecule has 0 spiro atoms. The maximum atomic E-state index is 12.5. The fraction of sp³-hybridized carbons (Fsp3) is 0.316. The van der Waals surface area contributed by atoms with Crippen molar-refractivity contribution in [1.29, 1.82) is 0 Å². The number of rotatable bonds is 8. The van der Waals surface area contributed by atoms with Gasteiger partial charge < -0.3 is 5.32 Å². The molecule has 1 N–H and O–H groups in total. The Bertz CT molecular complexity index is 1020. The molecule has 2 rings (SSSR count). The predicted octanol–water partition coefficient (Wildman–Crippen LogP) is 2.44. The maximum absolute atomic E-state index is 12.5. The quantitative estimate of drug-likeness (QED) is 0.701. The predicted molar refractivity (Wildman–Crippen MR) is 108 cm³/mol. The van der Waals surface area contributed by atoms with Crippen LogP contribution in [-0.4, -0.2) is 45.9 Å². The third kappa shape index (κ3) is 5.18. The van der Waals surface area contributed by atoms with Crippen LogP contribution >= 0.6 is 0 Å². The number of anilines is 1. The summed E-state index contributed by atoms with van der Waals surface area (Å²) >= 11 is 0. The minimum absolute atomic E-state index is 0.0777. The van der Waals surface area contributed by atoms with Crippen molar-refractivity contribution in [1.82, 2.24) is 4.31 Å². The first-order valence-electron chi connectivity index (χ1n) is 8.79. The summed E-state index contributed by atoms with van der Waals surface area (Å²) in [5.74, 6) is -1.39. The minimum Gasteiger partial charge on any atom is -0.325 e. The Kier molecular flexibility index (Phi) is 6.97. The number of carbonyl (C=O) groups excluding carboxylic acids is 1. The Morgan fingerprint density at radius 3 is 1.86 bits per heavy atom. The fourth-order valence-electron chi connectivity index (χ4n) is 2.62. The summed E-state index contributed by atoms with van der Waals surface area (Å²) in [5, 5.41) is 2.49. The molecule has 0 fully saturated rings. The summed E-state index contributed by atoms with van der Waals surface area (Å²) in [6, 6.07) is 11.9. The number of amides is 1. The number of hydrogen-bond acceptors (Lipinski definition) is 5. The Morgan fingerprint density at radius 1 is 0.857 bits per heavy atom. The lowest BCUT2D eigenvalue weighted by Crippen LogP contribution is -2.30. The highest BCUT2D eigenvalue weighted by Gasteiger charge is 2.22. The van der Waals surface area contributed by atoms with Crippen LogP contribution in [0.2, 0.25) is 0 Å². The fourth-order valence-corrected chi connectivity index (χ4v) is 5.21. The third-order valence-corrected chi connectivity index (χ3v) is 7.88. The Labute approximate surface area is 166 Å². The van der Waals surface area contributed by atoms with E-state index >= 15 is 0 Å². The zero-order chi connectivity index (χ0) is 20.9. The maximum Gasteiger partial charge on any atom is 0.243 e. The molecule has 9 heteroatoms. The summed E-state index contributed by atoms with van der Waals surface area (Å²) in [6.07, 6.45) is 0. The molecule has 0 atom stereocenters. The monoisotopic (exact) mass is 424 g/mol. The summed E-state index contributed by atoms with van der Waals surface area (Å²) in [4.78, 5) is 12.3. The number of nitrogens with one attached hydrogen (secondary N) is 1. The molecule has 2 aromatic carbocycles. The van der Waals surface area contributed by atoms with Gasteiger partial charge in [0.05, 0.1) is 9.79 Å². The van der Waals surface area contributed by atoms with Crippen molar-refractivity contribution in [3.05, 3.63) is 54.1 Å². The van der Waals surface area contributed by atoms with Crippen LogP contribution in [0, 0.1) is 6.92 Å². The molecule has 0 radical (unpaired) electrons. The van der Waals surface area contributed by atoms with Gasteiger partial charge in [-0.05, 0) is 43.3 Å². The van der Waals surface area contributed by atoms with Crippen LogP contribution in [-0.2, 0) is 24.7 Å². The van der Waals surface area contributed by atoms with E-state index in [4.69, 9.17) is 0 Å². The zero-order valence-corrected chi connectivity index (χ0v) is 17.7. The standard InChI is InChI=1S/C19H24N2O5S2/c1-4-21(5-2)28(25,26)18-12-8-16(9-13-18)20-19(22)14-27(23,24)17-10-6-15(3)7-11-17/h6-13H,4-5,14H2,1-3H3,(H,20,22). The van der Waals surface area contributed by atoms with Crippen LogP contribution in [0.5, 0.6) is 0 Å². The van der Waals surface area contributed by atoms with Gasteiger partial charge in [-0.25, -0.2) is 16.8 Å². The molecule has 0 aliphatic carbocycles. The van der Waals surface area contributed by atoms with Crippen molar-refractivity contribution in [3.63, 3.8) is 0 Å². The molecular formula is C19H24N2O5S2. The molecule has 0 aromatic heterocycles. The topological polar surface area (TPSA) is 101 Å². The lowest BCUT2D eigenvalue weighted by molar-refractivity contribution is -0.113. The van der Waals surface area contributed by atoms with Crippen LogP contribution in [0.15, 0.2) is 58.3 Å². The highest BCUT2D eigenvalue weighted by atomic mass is 32.2. The molecule has 28 heavy (non-hydrogen) atoms. The van der Waals surface area contributed by atoms with E-state index in [0.717, 1.165) is 5.56 Å². The number of sulfonamides is 1. The Morgan fingerprint density at radius 2 is 1.36 bits per heavy atom. The van der Waals surface area contributed by atoms with E-state index in [9.17, 15) is 21.6 Å². The minimum atomic E-state index is -3.76. The lowest BCUT2D eigenvalue weighted by Gasteiger charge is -2.18. The normalized spacial score (nSPS) is 12.1. The van der Waals surface area contributed by atoms with Crippen LogP contribution in [0.25, 0.3) is 0 Å². The smallest absolute Gasteiger partial charge is 0.243 e. The molecule has 7 nitrogen and oxygen atoms in total. The van der Waals surface area contributed by atoms with Gasteiger partial charge in [0.1, 0.15) is 5.75 Å². The van der Waals surface area contributed by atoms with E-state index in [1.165, 1.54) is 40.7 Å². The molecule has 0 saturated carbocycles. The van der Waals surface area contributed by atoms with E-state index in [0.29, 0.717) is 18.8 Å². The van der Waals surface area contributed by atoms with Crippen molar-refractivity contribution in [2.75, 3.05) is 24.2 Å². The van der Waals surface area contributed by atoms with Gasteiger partial charge in [-0.2, -0.15) is 4.31 Å². The Balaban J connectivity index is 2.10. The average Bonchev–Trinajstić information content (AvgIpc) is 2.62. The molecule has 0 bridgehead atoms. The molecule has 152 valence electrons. The number of aryl methyl sites for hydroxylation is 1. The number of carbonyl (C=O) groups is 1. The molecule has 0 aliphatic heterocycles. The second-order valence-corrected chi connectivity index (χ2v) is 10.2. The van der Waals surface area contributed by atoms with Gasteiger partial charge in [0, 0.05) is 18.8 Å². The molecule has 1 amide bonds. The molecule has 0 unspecified atom stereocenters. The van der Waals surface area contributed by atoms with Crippen molar-refractivity contribution >= 4 is 31.5 Å². The highest BCUT2D eigenvalue weighted by molar-refractivity contribution is 7.92. The van der Waals surface area contributed by atoms with Gasteiger partial charge >= 0.3 is 0 Å². The van der Waals surface area contributed by atoms with Gasteiger partial charge in [0.15, 0.2) is 9.84 Å². The summed E-state index contributed by atoms with van der Waals surface area (Å²) in [7, 11) is -7.35. The van der Waals surface area contributed by atoms with Gasteiger partial charge in [-0.1, -0.05) is 31.5 Å². The average molecular weight is 425 g/mol. The summed E-state index contributed by atoms with van der Waals surface area (Å²) in [5.41, 5.74) is 1.24. The lowest BCUT2D eigenvalue weighted by atomic mass is 10.2. The summed E-state index contributed by atoms with van der Waals surface area (Å²) in [6.45, 7) is 6.06. The first kappa shape index (κ1) is 22.1. The number of nitrogens with zero attached hydrogens (tertiary/aromatic N) is 1. The van der Waals surface area contributed by atoms with Crippen LogP contribution < -0.4 is 5.32 Å². The molecule has 0 heterocycles. The largest absolute Gasteiger partial charge is 0.325 e. The van der Waals surface area contributed by atoms with Crippen LogP contribution in [0.4, 0.5) is 5.69 Å². The van der Waals surface area contributed by atoms with E-state index in [1.54, 1.807) is 26.0 Å². The molecule has 0 aliphatic rings. The van der Waals surface area contributed by atoms with Gasteiger partial charge in [0.25, 0.3) is 0 Å². The van der Waals surface area contributed by atoms with Crippen molar-refractivity contribution in [3.8, 4) is 0 Å². The van der Waals surface area contributed by atoms with E-state index < -0.39 is 31.5 Å². The zero-order valence-electron chi connectivity index (χ0n) is 16.0. The molecule has 2 aromatic rings. The number of benzene rings is 2. The van der Waals surface area contributed by atoms with Gasteiger partial charge in [0.2, 0.25) is 15.9 Å². The van der Waals surface area contributed by atoms with E-state index in [1.807, 2.05) is 6.92 Å². The first-order chi connectivity index (χ1) is 13.1. The van der Waals surface area contributed by atoms with Crippen molar-refractivity contribution in [2.45, 2.75) is 30.6 Å². The van der Waals surface area contributed by atoms with Gasteiger partial charge in [-0.15, -0.1) is 0 Å². The van der Waals surface area contributed by atoms with E-state index in [-0.39, 0.29) is 9.79 Å². The number of hydrogen-bond donors (Lipinski definition) is 1. The number of sulfone groups is 1. The SMILES string of the molecule is CCN(CC)S(=O)(=O)c1ccc(NC(=O)CS(=O)(=O)c2ccc(C)cc2)cc1.